The van der Waals surface area contributed by atoms with Gasteiger partial charge >= 0.3 is 0 Å². The standard InChI is InChI=1S/C64H36N6O2/c65-37-40-20-15-25-47(57(40)70-54-27-12-8-22-44(54)49-33-35-51-46-24-10-14-29-56(46)72-61(51)59(49)70)42-31-30-41(36-52(42)64-67-62(38-16-3-1-4-17-38)66-63(68-64)39-18-5-2-6-19-39)69-53-26-11-7-21-43(53)48-32-34-50-45-23-9-13-28-55(45)71-60(50)58(48)69/h1-36H. The number of para-hydroxylation sites is 5. The predicted molar refractivity (Wildman–Crippen MR) is 290 cm³/mol. The zero-order valence-corrected chi connectivity index (χ0v) is 38.3. The Bertz CT molecular complexity index is 4710. The van der Waals surface area contributed by atoms with E-state index in [1.165, 1.54) is 0 Å². The van der Waals surface area contributed by atoms with Crippen LogP contribution in [0.3, 0.4) is 0 Å². The predicted octanol–water partition coefficient (Wildman–Crippen LogP) is 16.4. The highest BCUT2D eigenvalue weighted by atomic mass is 16.3. The molecule has 10 aromatic carbocycles. The third-order valence-electron chi connectivity index (χ3n) is 14.2. The fourth-order valence-electron chi connectivity index (χ4n) is 11.1. The van der Waals surface area contributed by atoms with Gasteiger partial charge in [-0.1, -0.05) is 164 Å². The van der Waals surface area contributed by atoms with Gasteiger partial charge in [-0.25, -0.2) is 15.0 Å². The largest absolute Gasteiger partial charge is 0.454 e. The second-order valence-corrected chi connectivity index (χ2v) is 18.2. The molecule has 5 heterocycles. The fourth-order valence-corrected chi connectivity index (χ4v) is 11.1. The lowest BCUT2D eigenvalue weighted by molar-refractivity contribution is 0.670. The summed E-state index contributed by atoms with van der Waals surface area (Å²) < 4.78 is 18.1. The molecule has 0 aliphatic carbocycles. The van der Waals surface area contributed by atoms with Gasteiger partial charge in [0.15, 0.2) is 28.6 Å². The number of benzene rings is 10. The van der Waals surface area contributed by atoms with Crippen LogP contribution in [0, 0.1) is 11.3 Å². The van der Waals surface area contributed by atoms with E-state index in [0.29, 0.717) is 23.0 Å². The molecular weight excluding hydrogens is 885 g/mol. The first-order valence-corrected chi connectivity index (χ1v) is 23.9. The maximum absolute atomic E-state index is 11.2. The molecule has 0 atom stereocenters. The van der Waals surface area contributed by atoms with Crippen LogP contribution in [0.25, 0.3) is 144 Å². The van der Waals surface area contributed by atoms with Crippen molar-refractivity contribution < 1.29 is 8.83 Å². The summed E-state index contributed by atoms with van der Waals surface area (Å²) in [6, 6.07) is 77.1. The van der Waals surface area contributed by atoms with E-state index in [4.69, 9.17) is 23.8 Å². The van der Waals surface area contributed by atoms with Crippen LogP contribution >= 0.6 is 0 Å². The summed E-state index contributed by atoms with van der Waals surface area (Å²) in [5, 5.41) is 19.6. The van der Waals surface area contributed by atoms with Gasteiger partial charge in [-0.3, -0.25) is 0 Å². The summed E-state index contributed by atoms with van der Waals surface area (Å²) in [7, 11) is 0. The Morgan fingerprint density at radius 1 is 0.361 bits per heavy atom. The van der Waals surface area contributed by atoms with Gasteiger partial charge in [0.05, 0.1) is 33.3 Å². The van der Waals surface area contributed by atoms with E-state index >= 15 is 0 Å². The lowest BCUT2D eigenvalue weighted by Crippen LogP contribution is -2.05. The van der Waals surface area contributed by atoms with Gasteiger partial charge in [-0.05, 0) is 60.2 Å². The van der Waals surface area contributed by atoms with Crippen LogP contribution in [-0.2, 0) is 0 Å². The van der Waals surface area contributed by atoms with Crippen LogP contribution in [0.1, 0.15) is 5.56 Å². The Balaban J connectivity index is 1.08. The molecule has 0 radical (unpaired) electrons. The topological polar surface area (TPSA) is 98.6 Å². The number of nitriles is 1. The number of nitrogens with zero attached hydrogens (tertiary/aromatic N) is 6. The average molecular weight is 921 g/mol. The first kappa shape index (κ1) is 39.9. The molecule has 0 amide bonds. The van der Waals surface area contributed by atoms with Gasteiger partial charge < -0.3 is 18.0 Å². The quantitative estimate of drug-likeness (QED) is 0.165. The molecule has 15 aromatic rings. The van der Waals surface area contributed by atoms with E-state index in [1.807, 2.05) is 109 Å². The van der Waals surface area contributed by atoms with Crippen molar-refractivity contribution in [3.63, 3.8) is 0 Å². The van der Waals surface area contributed by atoms with Crippen molar-refractivity contribution in [2.75, 3.05) is 0 Å². The number of aromatic nitrogens is 5. The van der Waals surface area contributed by atoms with E-state index in [9.17, 15) is 5.26 Å². The molecule has 5 aromatic heterocycles. The lowest BCUT2D eigenvalue weighted by Gasteiger charge is -2.19. The van der Waals surface area contributed by atoms with E-state index in [1.54, 1.807) is 0 Å². The minimum atomic E-state index is 0.476. The van der Waals surface area contributed by atoms with Crippen molar-refractivity contribution in [2.45, 2.75) is 0 Å². The Morgan fingerprint density at radius 2 is 0.847 bits per heavy atom. The molecule has 0 saturated carbocycles. The Kier molecular flexibility index (Phi) is 8.55. The third kappa shape index (κ3) is 5.82. The van der Waals surface area contributed by atoms with Gasteiger partial charge in [0.25, 0.3) is 0 Å². The van der Waals surface area contributed by atoms with Crippen molar-refractivity contribution in [2.24, 2.45) is 0 Å². The summed E-state index contributed by atoms with van der Waals surface area (Å²) in [6.07, 6.45) is 0. The summed E-state index contributed by atoms with van der Waals surface area (Å²) in [5.74, 6) is 1.55. The monoisotopic (exact) mass is 920 g/mol. The van der Waals surface area contributed by atoms with E-state index in [2.05, 4.69) is 124 Å². The second kappa shape index (κ2) is 15.5. The van der Waals surface area contributed by atoms with Gasteiger partial charge in [0, 0.05) is 71.0 Å². The fraction of sp³-hybridized carbons (Fsp3) is 0. The summed E-state index contributed by atoms with van der Waals surface area (Å²) in [4.78, 5) is 15.9. The molecule has 0 bridgehead atoms. The van der Waals surface area contributed by atoms with Crippen LogP contribution in [-0.4, -0.2) is 24.1 Å². The minimum Gasteiger partial charge on any atom is -0.454 e. The van der Waals surface area contributed by atoms with Crippen LogP contribution in [0.15, 0.2) is 227 Å². The van der Waals surface area contributed by atoms with Crippen molar-refractivity contribution in [3.05, 3.63) is 224 Å². The number of hydrogen-bond donors (Lipinski definition) is 0. The third-order valence-corrected chi connectivity index (χ3v) is 14.2. The second-order valence-electron chi connectivity index (χ2n) is 18.2. The molecule has 15 rings (SSSR count). The molecule has 0 N–H and O–H groups in total. The number of furan rings is 2. The molecule has 0 saturated heterocycles. The zero-order chi connectivity index (χ0) is 47.4. The van der Waals surface area contributed by atoms with Gasteiger partial charge in [-0.15, -0.1) is 0 Å². The normalized spacial score (nSPS) is 11.9. The smallest absolute Gasteiger partial charge is 0.164 e. The van der Waals surface area contributed by atoms with Crippen molar-refractivity contribution in [1.29, 1.82) is 5.26 Å². The molecule has 0 spiro atoms. The number of hydrogen-bond acceptors (Lipinski definition) is 6. The lowest BCUT2D eigenvalue weighted by atomic mass is 9.94. The molecule has 8 nitrogen and oxygen atoms in total. The number of rotatable bonds is 6. The summed E-state index contributed by atoms with van der Waals surface area (Å²) in [5.41, 5.74) is 13.2. The first-order valence-electron chi connectivity index (χ1n) is 23.9. The maximum atomic E-state index is 11.2. The Hall–Kier alpha value is -10.1. The van der Waals surface area contributed by atoms with Gasteiger partial charge in [-0.2, -0.15) is 5.26 Å². The molecule has 0 fully saturated rings. The van der Waals surface area contributed by atoms with Crippen molar-refractivity contribution in [1.82, 2.24) is 24.1 Å². The Morgan fingerprint density at radius 3 is 1.43 bits per heavy atom. The van der Waals surface area contributed by atoms with Gasteiger partial charge in [0.2, 0.25) is 0 Å². The molecular formula is C64H36N6O2. The average Bonchev–Trinajstić information content (AvgIpc) is 4.21. The molecule has 0 aliphatic rings. The van der Waals surface area contributed by atoms with Crippen LogP contribution in [0.5, 0.6) is 0 Å². The van der Waals surface area contributed by atoms with E-state index in [0.717, 1.165) is 127 Å². The van der Waals surface area contributed by atoms with Crippen LogP contribution in [0.2, 0.25) is 0 Å². The Labute approximate surface area is 410 Å². The SMILES string of the molecule is N#Cc1cccc(-c2ccc(-n3c4ccccc4c4ccc5c6ccccc6oc5c43)cc2-c2nc(-c3ccccc3)nc(-c3ccccc3)n2)c1-n1c2ccccc2c2ccc3c4ccccc4oc3c21. The van der Waals surface area contributed by atoms with Crippen LogP contribution in [0.4, 0.5) is 0 Å². The molecule has 72 heavy (non-hydrogen) atoms. The summed E-state index contributed by atoms with van der Waals surface area (Å²) >= 11 is 0. The number of fused-ring (bicyclic) bond motifs is 14. The highest BCUT2D eigenvalue weighted by molar-refractivity contribution is 6.23. The highest BCUT2D eigenvalue weighted by Gasteiger charge is 2.27. The first-order chi connectivity index (χ1) is 35.7. The highest BCUT2D eigenvalue weighted by Crippen LogP contribution is 2.46. The maximum Gasteiger partial charge on any atom is 0.164 e. The van der Waals surface area contributed by atoms with Gasteiger partial charge in [0.1, 0.15) is 17.2 Å². The van der Waals surface area contributed by atoms with E-state index in [-0.39, 0.29) is 0 Å². The van der Waals surface area contributed by atoms with Crippen molar-refractivity contribution >= 4 is 87.5 Å². The molecule has 0 aliphatic heterocycles. The minimum absolute atomic E-state index is 0.476. The van der Waals surface area contributed by atoms with E-state index < -0.39 is 0 Å². The molecule has 334 valence electrons. The zero-order valence-electron chi connectivity index (χ0n) is 38.3. The molecule has 8 heteroatoms. The summed E-state index contributed by atoms with van der Waals surface area (Å²) in [6.45, 7) is 0. The van der Waals surface area contributed by atoms with Crippen molar-refractivity contribution in [3.8, 4) is 62.7 Å². The van der Waals surface area contributed by atoms with Crippen LogP contribution < -0.4 is 0 Å². The molecule has 0 unspecified atom stereocenters.